The van der Waals surface area contributed by atoms with Gasteiger partial charge < -0.3 is 14.9 Å². The third-order valence-electron chi connectivity index (χ3n) is 9.67. The summed E-state index contributed by atoms with van der Waals surface area (Å²) in [4.78, 5) is 4.96. The minimum atomic E-state index is -0.368. The molecule has 0 bridgehead atoms. The van der Waals surface area contributed by atoms with E-state index in [1.54, 1.807) is 6.08 Å². The molecule has 0 aromatic carbocycles. The van der Waals surface area contributed by atoms with Gasteiger partial charge in [-0.25, -0.2) is 4.39 Å². The number of halogens is 1. The topological polar surface area (TPSA) is 56.2 Å². The average Bonchev–Trinajstić information content (AvgIpc) is 3.01. The summed E-state index contributed by atoms with van der Waals surface area (Å²) in [5.74, 6) is -0.0113. The summed E-state index contributed by atoms with van der Waals surface area (Å²) in [7, 11) is 0. The van der Waals surface area contributed by atoms with Crippen LogP contribution in [0.15, 0.2) is 82.3 Å². The Kier molecular flexibility index (Phi) is 11.6. The normalized spacial score (nSPS) is 27.4. The molecule has 6 heteroatoms. The number of allylic oxidation sites excluding steroid dienone is 5. The van der Waals surface area contributed by atoms with Crippen molar-refractivity contribution >= 4 is 0 Å². The van der Waals surface area contributed by atoms with Crippen LogP contribution in [0.25, 0.3) is 0 Å². The molecule has 1 heterocycles. The first-order valence-corrected chi connectivity index (χ1v) is 16.4. The van der Waals surface area contributed by atoms with E-state index in [0.29, 0.717) is 25.5 Å². The van der Waals surface area contributed by atoms with Gasteiger partial charge in [-0.1, -0.05) is 59.3 Å². The molecule has 2 N–H and O–H groups in total. The third kappa shape index (κ3) is 8.73. The quantitative estimate of drug-likeness (QED) is 0.245. The van der Waals surface area contributed by atoms with Crippen LogP contribution in [-0.4, -0.2) is 83.7 Å². The number of hydrogen-bond acceptors (Lipinski definition) is 5. The van der Waals surface area contributed by atoms with Crippen molar-refractivity contribution in [1.29, 1.82) is 0 Å². The molecular weight excluding hydrogens is 527 g/mol. The van der Waals surface area contributed by atoms with E-state index in [1.807, 2.05) is 6.08 Å². The third-order valence-corrected chi connectivity index (χ3v) is 9.67. The Morgan fingerprint density at radius 2 is 1.98 bits per heavy atom. The molecule has 4 unspecified atom stereocenters. The van der Waals surface area contributed by atoms with E-state index in [2.05, 4.69) is 53.2 Å². The summed E-state index contributed by atoms with van der Waals surface area (Å²) >= 11 is 0. The smallest absolute Gasteiger partial charge is 0.100 e. The van der Waals surface area contributed by atoms with Gasteiger partial charge in [0.1, 0.15) is 5.83 Å². The van der Waals surface area contributed by atoms with Gasteiger partial charge in [-0.05, 0) is 88.4 Å². The van der Waals surface area contributed by atoms with Crippen LogP contribution in [0.2, 0.25) is 0 Å². The van der Waals surface area contributed by atoms with Crippen molar-refractivity contribution in [3.8, 4) is 0 Å². The van der Waals surface area contributed by atoms with Gasteiger partial charge in [-0.2, -0.15) is 0 Å². The van der Waals surface area contributed by atoms with E-state index < -0.39 is 0 Å². The highest BCUT2D eigenvalue weighted by Crippen LogP contribution is 2.36. The van der Waals surface area contributed by atoms with Gasteiger partial charge in [0.25, 0.3) is 0 Å². The zero-order valence-corrected chi connectivity index (χ0v) is 25.5. The van der Waals surface area contributed by atoms with Gasteiger partial charge in [0, 0.05) is 44.7 Å². The molecule has 0 saturated carbocycles. The summed E-state index contributed by atoms with van der Waals surface area (Å²) in [6.45, 7) is 6.64. The molecule has 0 amide bonds. The second kappa shape index (κ2) is 15.6. The summed E-state index contributed by atoms with van der Waals surface area (Å²) in [5.41, 5.74) is 6.88. The molecule has 5 rings (SSSR count). The largest absolute Gasteiger partial charge is 0.395 e. The monoisotopic (exact) mass is 578 g/mol. The maximum absolute atomic E-state index is 13.5. The fraction of sp³-hybridized carbons (Fsp3) is 0.611. The van der Waals surface area contributed by atoms with Gasteiger partial charge in [0.15, 0.2) is 0 Å². The van der Waals surface area contributed by atoms with Crippen LogP contribution in [-0.2, 0) is 4.74 Å². The van der Waals surface area contributed by atoms with Crippen LogP contribution in [0, 0.1) is 0 Å². The predicted octanol–water partition coefficient (Wildman–Crippen LogP) is 6.49. The Balaban J connectivity index is 1.15. The Morgan fingerprint density at radius 1 is 1.07 bits per heavy atom. The maximum atomic E-state index is 13.5. The number of ether oxygens (including phenoxy) is 1. The minimum Gasteiger partial charge on any atom is -0.395 e. The fourth-order valence-electron chi connectivity index (χ4n) is 6.97. The minimum absolute atomic E-state index is 0.0113. The molecule has 0 spiro atoms. The van der Waals surface area contributed by atoms with E-state index in [1.165, 1.54) is 53.5 Å². The van der Waals surface area contributed by atoms with Gasteiger partial charge in [0.2, 0.25) is 0 Å². The van der Waals surface area contributed by atoms with E-state index in [-0.39, 0.29) is 30.7 Å². The lowest BCUT2D eigenvalue weighted by Gasteiger charge is -2.41. The average molecular weight is 579 g/mol. The highest BCUT2D eigenvalue weighted by molar-refractivity contribution is 5.43. The molecule has 1 aliphatic heterocycles. The highest BCUT2D eigenvalue weighted by Gasteiger charge is 2.32. The van der Waals surface area contributed by atoms with E-state index in [4.69, 9.17) is 4.74 Å². The number of fused-ring (bicyclic) bond motifs is 1. The molecule has 5 nitrogen and oxygen atoms in total. The molecule has 230 valence electrons. The standard InChI is InChI=1S/C36H51FN2O3/c1-27(26-40)39(25-30-5-3-2-4-6-30)21-22-42-34-14-9-29(10-15-34)23-36-35-16-13-33(41)24-31(35)18-20-38(36)19-17-28-7-11-32(37)12-8-28/h5,7,9-11,14,16,24,27,33-34,36,40-41H,2-4,6,8,12-13,15,17-23,25-26H2,1H3. The van der Waals surface area contributed by atoms with Crippen LogP contribution in [0.5, 0.6) is 0 Å². The van der Waals surface area contributed by atoms with Crippen molar-refractivity contribution in [3.05, 3.63) is 82.3 Å². The Bertz CT molecular complexity index is 1150. The molecular formula is C36H51FN2O3. The number of rotatable bonds is 13. The lowest BCUT2D eigenvalue weighted by atomic mass is 9.81. The van der Waals surface area contributed by atoms with Crippen molar-refractivity contribution in [1.82, 2.24) is 9.80 Å². The van der Waals surface area contributed by atoms with Crippen molar-refractivity contribution < 1.29 is 19.3 Å². The molecule has 42 heavy (non-hydrogen) atoms. The fourth-order valence-corrected chi connectivity index (χ4v) is 6.97. The maximum Gasteiger partial charge on any atom is 0.100 e. The number of hydrogen-bond donors (Lipinski definition) is 2. The van der Waals surface area contributed by atoms with Crippen LogP contribution < -0.4 is 0 Å². The van der Waals surface area contributed by atoms with Crippen LogP contribution >= 0.6 is 0 Å². The van der Waals surface area contributed by atoms with Crippen molar-refractivity contribution in [2.75, 3.05) is 39.4 Å². The SMILES string of the molecule is CC(CO)N(CCOC1C=CC(CC2C3=CCC(O)C=C3CCN2CCC2=CC=C(F)CC2)=CC1)CC1=CCCCC1. The first kappa shape index (κ1) is 31.3. The lowest BCUT2D eigenvalue weighted by molar-refractivity contribution is 0.0495. The molecule has 5 aliphatic rings. The predicted molar refractivity (Wildman–Crippen MR) is 169 cm³/mol. The van der Waals surface area contributed by atoms with Crippen LogP contribution in [0.3, 0.4) is 0 Å². The van der Waals surface area contributed by atoms with E-state index in [0.717, 1.165) is 58.3 Å². The molecule has 4 aliphatic carbocycles. The lowest BCUT2D eigenvalue weighted by Crippen LogP contribution is -2.43. The number of aliphatic hydroxyl groups is 2. The molecule has 1 fully saturated rings. The van der Waals surface area contributed by atoms with Gasteiger partial charge in [0.05, 0.1) is 25.4 Å². The summed E-state index contributed by atoms with van der Waals surface area (Å²) in [5, 5.41) is 20.0. The van der Waals surface area contributed by atoms with Crippen molar-refractivity contribution in [3.63, 3.8) is 0 Å². The summed E-state index contributed by atoms with van der Waals surface area (Å²) in [6, 6.07) is 0.425. The second-order valence-corrected chi connectivity index (χ2v) is 12.7. The van der Waals surface area contributed by atoms with Crippen molar-refractivity contribution in [2.24, 2.45) is 0 Å². The Hall–Kier alpha value is -2.09. The number of aliphatic hydroxyl groups excluding tert-OH is 2. The Labute approximate surface area is 252 Å². The molecule has 0 aromatic rings. The summed E-state index contributed by atoms with van der Waals surface area (Å²) in [6.07, 6.45) is 27.6. The summed E-state index contributed by atoms with van der Waals surface area (Å²) < 4.78 is 19.8. The molecule has 0 aromatic heterocycles. The van der Waals surface area contributed by atoms with E-state index >= 15 is 0 Å². The second-order valence-electron chi connectivity index (χ2n) is 12.7. The molecule has 1 saturated heterocycles. The Morgan fingerprint density at radius 3 is 2.71 bits per heavy atom. The van der Waals surface area contributed by atoms with Gasteiger partial charge in [-0.15, -0.1) is 0 Å². The van der Waals surface area contributed by atoms with E-state index in [9.17, 15) is 14.6 Å². The molecule has 4 atom stereocenters. The number of piperidine rings is 1. The zero-order valence-electron chi connectivity index (χ0n) is 25.5. The van der Waals surface area contributed by atoms with Crippen molar-refractivity contribution in [2.45, 2.75) is 102 Å². The van der Waals surface area contributed by atoms with Gasteiger partial charge in [-0.3, -0.25) is 9.80 Å². The van der Waals surface area contributed by atoms with Crippen LogP contribution in [0.4, 0.5) is 4.39 Å². The van der Waals surface area contributed by atoms with Gasteiger partial charge >= 0.3 is 0 Å². The van der Waals surface area contributed by atoms with Crippen LogP contribution in [0.1, 0.15) is 77.6 Å². The first-order chi connectivity index (χ1) is 20.5. The zero-order chi connectivity index (χ0) is 29.3. The number of nitrogens with zero attached hydrogens (tertiary/aromatic N) is 2. The molecule has 0 radical (unpaired) electrons. The first-order valence-electron chi connectivity index (χ1n) is 16.4. The number of likely N-dealkylation sites (tertiary alicyclic amines) is 1. The highest BCUT2D eigenvalue weighted by atomic mass is 19.1.